The predicted octanol–water partition coefficient (Wildman–Crippen LogP) is 4.35. The lowest BCUT2D eigenvalue weighted by Crippen LogP contribution is -2.13. The minimum absolute atomic E-state index is 0.383. The first kappa shape index (κ1) is 15.9. The second-order valence-corrected chi connectivity index (χ2v) is 6.29. The van der Waals surface area contributed by atoms with Crippen LogP contribution < -0.4 is 15.7 Å². The molecule has 0 fully saturated rings. The molecule has 0 aliphatic heterocycles. The van der Waals surface area contributed by atoms with Gasteiger partial charge in [0.2, 0.25) is 5.13 Å². The van der Waals surface area contributed by atoms with Gasteiger partial charge in [-0.15, -0.1) is 0 Å². The number of ether oxygens (including phenoxy) is 1. The number of hydrogen-bond donors (Lipinski definition) is 1. The van der Waals surface area contributed by atoms with E-state index in [0.717, 1.165) is 11.4 Å². The van der Waals surface area contributed by atoms with Gasteiger partial charge >= 0.3 is 5.69 Å². The molecule has 0 amide bonds. The van der Waals surface area contributed by atoms with E-state index in [0.29, 0.717) is 20.9 Å². The van der Waals surface area contributed by atoms with Crippen LogP contribution in [0.5, 0.6) is 5.75 Å². The number of rotatable bonds is 4. The van der Waals surface area contributed by atoms with Crippen LogP contribution in [-0.4, -0.2) is 16.1 Å². The first-order chi connectivity index (χ1) is 11.1. The van der Waals surface area contributed by atoms with Crippen molar-refractivity contribution in [2.45, 2.75) is 0 Å². The summed E-state index contributed by atoms with van der Waals surface area (Å²) >= 11 is 13.1. The molecule has 0 aliphatic rings. The van der Waals surface area contributed by atoms with Crippen LogP contribution in [0.25, 0.3) is 5.69 Å². The molecule has 3 rings (SSSR count). The molecule has 23 heavy (non-hydrogen) atoms. The number of aromatic nitrogens is 2. The Kier molecular flexibility index (Phi) is 4.56. The molecule has 1 N–H and O–H groups in total. The molecule has 0 bridgehead atoms. The Bertz CT molecular complexity index is 890. The molecule has 0 saturated heterocycles. The highest BCUT2D eigenvalue weighted by molar-refractivity contribution is 7.10. The van der Waals surface area contributed by atoms with E-state index in [1.165, 1.54) is 15.5 Å². The Morgan fingerprint density at radius 1 is 1.13 bits per heavy atom. The Morgan fingerprint density at radius 2 is 1.87 bits per heavy atom. The first-order valence-corrected chi connectivity index (χ1v) is 8.06. The van der Waals surface area contributed by atoms with Crippen molar-refractivity contribution in [1.82, 2.24) is 8.94 Å². The quantitative estimate of drug-likeness (QED) is 0.744. The number of methoxy groups -OCH3 is 1. The zero-order valence-corrected chi connectivity index (χ0v) is 14.2. The zero-order chi connectivity index (χ0) is 16.4. The second kappa shape index (κ2) is 6.62. The standard InChI is InChI=1S/C15H11Cl2N3O2S/c1-22-11-5-2-9(3-6-11)18-14-19-15(21)20(23-14)10-4-7-12(16)13(17)8-10/h2-8H,1H3,(H,18,19,21). The molecule has 1 aromatic heterocycles. The van der Waals surface area contributed by atoms with Crippen LogP contribution in [0, 0.1) is 0 Å². The van der Waals surface area contributed by atoms with Crippen LogP contribution in [0.2, 0.25) is 10.0 Å². The molecule has 2 aromatic carbocycles. The molecule has 0 spiro atoms. The Hall–Kier alpha value is -2.02. The molecule has 0 aliphatic carbocycles. The van der Waals surface area contributed by atoms with Crippen LogP contribution in [0.15, 0.2) is 47.3 Å². The largest absolute Gasteiger partial charge is 0.497 e. The summed E-state index contributed by atoms with van der Waals surface area (Å²) in [6.45, 7) is 0. The van der Waals surface area contributed by atoms with Gasteiger partial charge < -0.3 is 10.1 Å². The van der Waals surface area contributed by atoms with Crippen molar-refractivity contribution < 1.29 is 4.74 Å². The van der Waals surface area contributed by atoms with Crippen molar-refractivity contribution in [1.29, 1.82) is 0 Å². The highest BCUT2D eigenvalue weighted by Gasteiger charge is 2.10. The third-order valence-corrected chi connectivity index (χ3v) is 4.68. The Balaban J connectivity index is 1.88. The summed E-state index contributed by atoms with van der Waals surface area (Å²) in [5, 5.41) is 4.38. The van der Waals surface area contributed by atoms with Gasteiger partial charge in [0.15, 0.2) is 0 Å². The lowest BCUT2D eigenvalue weighted by Gasteiger charge is -2.04. The van der Waals surface area contributed by atoms with Gasteiger partial charge in [-0.1, -0.05) is 23.2 Å². The van der Waals surface area contributed by atoms with Gasteiger partial charge in [0, 0.05) is 5.69 Å². The number of nitrogens with zero attached hydrogens (tertiary/aromatic N) is 2. The van der Waals surface area contributed by atoms with E-state index in [1.54, 1.807) is 25.3 Å². The highest BCUT2D eigenvalue weighted by Crippen LogP contribution is 2.26. The maximum atomic E-state index is 12.1. The molecule has 0 radical (unpaired) electrons. The van der Waals surface area contributed by atoms with Crippen LogP contribution in [0.4, 0.5) is 10.8 Å². The van der Waals surface area contributed by atoms with Crippen molar-refractivity contribution in [2.24, 2.45) is 0 Å². The molecule has 1 heterocycles. The van der Waals surface area contributed by atoms with Crippen molar-refractivity contribution in [2.75, 3.05) is 12.4 Å². The summed E-state index contributed by atoms with van der Waals surface area (Å²) in [6, 6.07) is 12.3. The minimum atomic E-state index is -0.385. The fraction of sp³-hybridized carbons (Fsp3) is 0.0667. The molecular weight excluding hydrogens is 357 g/mol. The van der Waals surface area contributed by atoms with E-state index in [9.17, 15) is 4.79 Å². The zero-order valence-electron chi connectivity index (χ0n) is 11.9. The van der Waals surface area contributed by atoms with E-state index in [2.05, 4.69) is 10.3 Å². The number of nitrogens with one attached hydrogen (secondary N) is 1. The fourth-order valence-electron chi connectivity index (χ4n) is 1.90. The van der Waals surface area contributed by atoms with Crippen LogP contribution in [0.3, 0.4) is 0 Å². The molecule has 5 nitrogen and oxygen atoms in total. The van der Waals surface area contributed by atoms with Gasteiger partial charge in [-0.3, -0.25) is 0 Å². The average Bonchev–Trinajstić information content (AvgIpc) is 2.91. The molecule has 0 unspecified atom stereocenters. The lowest BCUT2D eigenvalue weighted by molar-refractivity contribution is 0.415. The minimum Gasteiger partial charge on any atom is -0.497 e. The summed E-state index contributed by atoms with van der Waals surface area (Å²) in [6.07, 6.45) is 0. The Morgan fingerprint density at radius 3 is 2.52 bits per heavy atom. The molecule has 0 atom stereocenters. The summed E-state index contributed by atoms with van der Waals surface area (Å²) < 4.78 is 6.54. The van der Waals surface area contributed by atoms with Crippen molar-refractivity contribution in [3.63, 3.8) is 0 Å². The van der Waals surface area contributed by atoms with Gasteiger partial charge in [-0.05, 0) is 54.0 Å². The Labute approximate surface area is 146 Å². The maximum absolute atomic E-state index is 12.1. The summed E-state index contributed by atoms with van der Waals surface area (Å²) in [4.78, 5) is 16.0. The molecule has 118 valence electrons. The molecule has 0 saturated carbocycles. The highest BCUT2D eigenvalue weighted by atomic mass is 35.5. The third-order valence-electron chi connectivity index (χ3n) is 3.03. The van der Waals surface area contributed by atoms with Crippen molar-refractivity contribution >= 4 is 45.6 Å². The topological polar surface area (TPSA) is 56.1 Å². The van der Waals surface area contributed by atoms with Gasteiger partial charge in [0.25, 0.3) is 0 Å². The van der Waals surface area contributed by atoms with E-state index < -0.39 is 0 Å². The fourth-order valence-corrected chi connectivity index (χ4v) is 2.99. The van der Waals surface area contributed by atoms with Gasteiger partial charge in [-0.2, -0.15) is 4.98 Å². The first-order valence-electron chi connectivity index (χ1n) is 6.53. The molecule has 3 aromatic rings. The van der Waals surface area contributed by atoms with Gasteiger partial charge in [-0.25, -0.2) is 8.75 Å². The van der Waals surface area contributed by atoms with Crippen LogP contribution >= 0.6 is 34.7 Å². The maximum Gasteiger partial charge on any atom is 0.364 e. The van der Waals surface area contributed by atoms with E-state index in [-0.39, 0.29) is 5.69 Å². The number of halogens is 2. The van der Waals surface area contributed by atoms with Gasteiger partial charge in [0.05, 0.1) is 22.8 Å². The number of anilines is 2. The van der Waals surface area contributed by atoms with Crippen molar-refractivity contribution in [3.8, 4) is 11.4 Å². The summed E-state index contributed by atoms with van der Waals surface area (Å²) in [5.41, 5.74) is 1.04. The van der Waals surface area contributed by atoms with Crippen molar-refractivity contribution in [3.05, 3.63) is 63.0 Å². The average molecular weight is 368 g/mol. The summed E-state index contributed by atoms with van der Waals surface area (Å²) in [5.74, 6) is 0.755. The third kappa shape index (κ3) is 3.50. The molecule has 8 heteroatoms. The lowest BCUT2D eigenvalue weighted by atomic mass is 10.3. The monoisotopic (exact) mass is 367 g/mol. The number of benzene rings is 2. The van der Waals surface area contributed by atoms with Gasteiger partial charge in [0.1, 0.15) is 5.75 Å². The van der Waals surface area contributed by atoms with E-state index in [4.69, 9.17) is 27.9 Å². The number of hydrogen-bond acceptors (Lipinski definition) is 5. The second-order valence-electron chi connectivity index (χ2n) is 4.54. The predicted molar refractivity (Wildman–Crippen MR) is 94.0 cm³/mol. The van der Waals surface area contributed by atoms with E-state index in [1.807, 2.05) is 24.3 Å². The normalized spacial score (nSPS) is 10.6. The SMILES string of the molecule is COc1ccc(Nc2nc(=O)n(-c3ccc(Cl)c(Cl)c3)s2)cc1. The van der Waals surface area contributed by atoms with E-state index >= 15 is 0 Å². The van der Waals surface area contributed by atoms with Crippen LogP contribution in [-0.2, 0) is 0 Å². The molecular formula is C15H11Cl2N3O2S. The smallest absolute Gasteiger partial charge is 0.364 e. The van der Waals surface area contributed by atoms with Crippen LogP contribution in [0.1, 0.15) is 0 Å². The summed E-state index contributed by atoms with van der Waals surface area (Å²) in [7, 11) is 1.60.